The normalized spacial score (nSPS) is 11.6. The predicted molar refractivity (Wildman–Crippen MR) is 43.3 cm³/mol. The summed E-state index contributed by atoms with van der Waals surface area (Å²) in [7, 11) is 0. The summed E-state index contributed by atoms with van der Waals surface area (Å²) in [5, 5.41) is 17.1. The van der Waals surface area contributed by atoms with Gasteiger partial charge in [0.15, 0.2) is 0 Å². The van der Waals surface area contributed by atoms with Gasteiger partial charge in [-0.05, 0) is 12.3 Å². The highest BCUT2D eigenvalue weighted by Gasteiger charge is 2.16. The first kappa shape index (κ1) is 9.72. The molecule has 0 rings (SSSR count). The highest BCUT2D eigenvalue weighted by atomic mass is 14.3. The first-order valence-corrected chi connectivity index (χ1v) is 3.70. The zero-order chi connectivity index (χ0) is 8.69. The molecule has 0 aromatic heterocycles. The summed E-state index contributed by atoms with van der Waals surface area (Å²) in [4.78, 5) is 0. The second-order valence-corrected chi connectivity index (χ2v) is 2.43. The van der Waals surface area contributed by atoms with Crippen LogP contribution in [-0.2, 0) is 0 Å². The van der Waals surface area contributed by atoms with Crippen LogP contribution in [0.15, 0.2) is 12.7 Å². The fourth-order valence-corrected chi connectivity index (χ4v) is 0.992. The summed E-state index contributed by atoms with van der Waals surface area (Å²) in [6, 6.07) is 3.96. The van der Waals surface area contributed by atoms with E-state index in [0.717, 1.165) is 12.8 Å². The standard InChI is InChI=1S/C9H12N2/c1-3-5-8(4-2)9(6-10)7-11/h3,8-9H,1,4-5H2,2H3. The smallest absolute Gasteiger partial charge is 0.136 e. The first-order chi connectivity index (χ1) is 5.29. The van der Waals surface area contributed by atoms with Gasteiger partial charge in [-0.1, -0.05) is 19.4 Å². The molecule has 0 aromatic carbocycles. The summed E-state index contributed by atoms with van der Waals surface area (Å²) >= 11 is 0. The number of allylic oxidation sites excluding steroid dienone is 1. The van der Waals surface area contributed by atoms with Gasteiger partial charge in [0, 0.05) is 0 Å². The topological polar surface area (TPSA) is 47.6 Å². The van der Waals surface area contributed by atoms with E-state index in [1.54, 1.807) is 6.08 Å². The molecule has 0 aliphatic carbocycles. The molecule has 0 bridgehead atoms. The van der Waals surface area contributed by atoms with E-state index >= 15 is 0 Å². The number of hydrogen-bond donors (Lipinski definition) is 0. The van der Waals surface area contributed by atoms with Crippen LogP contribution in [0.1, 0.15) is 19.8 Å². The Bertz CT molecular complexity index is 181. The van der Waals surface area contributed by atoms with Crippen LogP contribution >= 0.6 is 0 Å². The van der Waals surface area contributed by atoms with E-state index in [0.29, 0.717) is 0 Å². The van der Waals surface area contributed by atoms with Gasteiger partial charge >= 0.3 is 0 Å². The van der Waals surface area contributed by atoms with Crippen molar-refractivity contribution in [2.45, 2.75) is 19.8 Å². The van der Waals surface area contributed by atoms with E-state index in [1.165, 1.54) is 0 Å². The third-order valence-electron chi connectivity index (χ3n) is 1.74. The number of nitrogens with zero attached hydrogens (tertiary/aromatic N) is 2. The Morgan fingerprint density at radius 3 is 2.27 bits per heavy atom. The Labute approximate surface area is 67.8 Å². The molecule has 0 heterocycles. The van der Waals surface area contributed by atoms with Crippen molar-refractivity contribution in [2.24, 2.45) is 11.8 Å². The molecule has 11 heavy (non-hydrogen) atoms. The van der Waals surface area contributed by atoms with Gasteiger partial charge in [0.05, 0.1) is 12.1 Å². The number of nitriles is 2. The van der Waals surface area contributed by atoms with Crippen LogP contribution < -0.4 is 0 Å². The molecule has 2 nitrogen and oxygen atoms in total. The lowest BCUT2D eigenvalue weighted by atomic mass is 9.89. The van der Waals surface area contributed by atoms with Crippen molar-refractivity contribution in [3.05, 3.63) is 12.7 Å². The van der Waals surface area contributed by atoms with Crippen LogP contribution in [-0.4, -0.2) is 0 Å². The maximum atomic E-state index is 8.55. The van der Waals surface area contributed by atoms with Gasteiger partial charge in [-0.3, -0.25) is 0 Å². The molecule has 1 atom stereocenters. The maximum absolute atomic E-state index is 8.55. The Morgan fingerprint density at radius 2 is 2.00 bits per heavy atom. The fourth-order valence-electron chi connectivity index (χ4n) is 0.992. The molecule has 1 unspecified atom stereocenters. The first-order valence-electron chi connectivity index (χ1n) is 3.70. The van der Waals surface area contributed by atoms with E-state index in [-0.39, 0.29) is 5.92 Å². The summed E-state index contributed by atoms with van der Waals surface area (Å²) in [5.41, 5.74) is 0. The lowest BCUT2D eigenvalue weighted by Crippen LogP contribution is -2.09. The number of hydrogen-bond acceptors (Lipinski definition) is 2. The molecule has 0 aliphatic heterocycles. The molecule has 0 aliphatic rings. The summed E-state index contributed by atoms with van der Waals surface area (Å²) < 4.78 is 0. The molecule has 2 heteroatoms. The van der Waals surface area contributed by atoms with Gasteiger partial charge in [-0.25, -0.2) is 0 Å². The zero-order valence-electron chi connectivity index (χ0n) is 6.75. The molecule has 0 N–H and O–H groups in total. The van der Waals surface area contributed by atoms with Crippen molar-refractivity contribution < 1.29 is 0 Å². The Hall–Kier alpha value is -1.28. The minimum atomic E-state index is -0.474. The second kappa shape index (κ2) is 5.50. The molecule has 0 radical (unpaired) electrons. The fraction of sp³-hybridized carbons (Fsp3) is 0.556. The quantitative estimate of drug-likeness (QED) is 0.574. The molecule has 0 saturated heterocycles. The predicted octanol–water partition coefficient (Wildman–Crippen LogP) is 2.25. The van der Waals surface area contributed by atoms with Crippen LogP contribution in [0.3, 0.4) is 0 Å². The SMILES string of the molecule is C=CCC(CC)C(C#N)C#N. The van der Waals surface area contributed by atoms with E-state index in [9.17, 15) is 0 Å². The summed E-state index contributed by atoms with van der Waals surface area (Å²) in [5.74, 6) is -0.319. The van der Waals surface area contributed by atoms with Gasteiger partial charge in [-0.2, -0.15) is 10.5 Å². The second-order valence-electron chi connectivity index (χ2n) is 2.43. The molecule has 0 spiro atoms. The van der Waals surface area contributed by atoms with Gasteiger partial charge < -0.3 is 0 Å². The average molecular weight is 148 g/mol. The van der Waals surface area contributed by atoms with Gasteiger partial charge in [-0.15, -0.1) is 6.58 Å². The third-order valence-corrected chi connectivity index (χ3v) is 1.74. The van der Waals surface area contributed by atoms with Gasteiger partial charge in [0.2, 0.25) is 0 Å². The van der Waals surface area contributed by atoms with Crippen LogP contribution in [0.2, 0.25) is 0 Å². The summed E-state index contributed by atoms with van der Waals surface area (Å²) in [6.07, 6.45) is 3.37. The van der Waals surface area contributed by atoms with Crippen molar-refractivity contribution in [3.63, 3.8) is 0 Å². The largest absolute Gasteiger partial charge is 0.197 e. The Kier molecular flexibility index (Phi) is 4.86. The minimum absolute atomic E-state index is 0.155. The van der Waals surface area contributed by atoms with Crippen molar-refractivity contribution >= 4 is 0 Å². The molecular weight excluding hydrogens is 136 g/mol. The Morgan fingerprint density at radius 1 is 1.45 bits per heavy atom. The maximum Gasteiger partial charge on any atom is 0.136 e. The van der Waals surface area contributed by atoms with E-state index in [2.05, 4.69) is 6.58 Å². The van der Waals surface area contributed by atoms with Crippen molar-refractivity contribution in [1.82, 2.24) is 0 Å². The van der Waals surface area contributed by atoms with Crippen molar-refractivity contribution in [1.29, 1.82) is 10.5 Å². The molecule has 58 valence electrons. The van der Waals surface area contributed by atoms with Crippen molar-refractivity contribution in [3.8, 4) is 12.1 Å². The number of rotatable bonds is 4. The molecule has 0 fully saturated rings. The van der Waals surface area contributed by atoms with E-state index < -0.39 is 5.92 Å². The van der Waals surface area contributed by atoms with E-state index in [4.69, 9.17) is 10.5 Å². The average Bonchev–Trinajstić information content (AvgIpc) is 2.05. The van der Waals surface area contributed by atoms with Crippen LogP contribution in [0, 0.1) is 34.5 Å². The van der Waals surface area contributed by atoms with E-state index in [1.807, 2.05) is 19.1 Å². The van der Waals surface area contributed by atoms with Gasteiger partial charge in [0.25, 0.3) is 0 Å². The van der Waals surface area contributed by atoms with Crippen LogP contribution in [0.5, 0.6) is 0 Å². The summed E-state index contributed by atoms with van der Waals surface area (Å²) in [6.45, 7) is 5.56. The molecule has 0 aromatic rings. The third kappa shape index (κ3) is 2.87. The van der Waals surface area contributed by atoms with Crippen LogP contribution in [0.4, 0.5) is 0 Å². The van der Waals surface area contributed by atoms with Crippen molar-refractivity contribution in [2.75, 3.05) is 0 Å². The monoisotopic (exact) mass is 148 g/mol. The Balaban J connectivity index is 4.14. The highest BCUT2D eigenvalue weighted by molar-refractivity contribution is 5.03. The molecule has 0 amide bonds. The minimum Gasteiger partial charge on any atom is -0.197 e. The lowest BCUT2D eigenvalue weighted by Gasteiger charge is -2.11. The van der Waals surface area contributed by atoms with Crippen LogP contribution in [0.25, 0.3) is 0 Å². The molecular formula is C9H12N2. The lowest BCUT2D eigenvalue weighted by molar-refractivity contribution is 0.459. The highest BCUT2D eigenvalue weighted by Crippen LogP contribution is 2.18. The molecule has 0 saturated carbocycles. The zero-order valence-corrected chi connectivity index (χ0v) is 6.75. The van der Waals surface area contributed by atoms with Gasteiger partial charge in [0.1, 0.15) is 5.92 Å².